The standard InChI is InChI=1S/C15H18/c1-2-4-10(5-3-1)11-6-7-12(8-11)15-13-9-14(13)15/h1-5,11-15H,6-9H2. The molecule has 4 unspecified atom stereocenters. The largest absolute Gasteiger partial charge is 0.0622 e. The molecule has 3 aliphatic rings. The third-order valence-electron chi connectivity index (χ3n) is 5.03. The van der Waals surface area contributed by atoms with E-state index in [2.05, 4.69) is 30.3 Å². The molecule has 0 nitrogen and oxygen atoms in total. The number of rotatable bonds is 2. The van der Waals surface area contributed by atoms with Crippen molar-refractivity contribution in [3.8, 4) is 0 Å². The van der Waals surface area contributed by atoms with E-state index in [-0.39, 0.29) is 0 Å². The molecule has 0 heterocycles. The molecular formula is C15H18. The maximum Gasteiger partial charge on any atom is -0.0159 e. The summed E-state index contributed by atoms with van der Waals surface area (Å²) in [6.45, 7) is 0. The summed E-state index contributed by atoms with van der Waals surface area (Å²) >= 11 is 0. The minimum atomic E-state index is 0.885. The van der Waals surface area contributed by atoms with E-state index < -0.39 is 0 Å². The molecule has 0 saturated heterocycles. The Bertz CT molecular complexity index is 359. The summed E-state index contributed by atoms with van der Waals surface area (Å²) in [6, 6.07) is 11.2. The molecule has 0 heteroatoms. The van der Waals surface area contributed by atoms with E-state index in [1.165, 1.54) is 37.0 Å². The van der Waals surface area contributed by atoms with Crippen molar-refractivity contribution in [2.45, 2.75) is 31.6 Å². The van der Waals surface area contributed by atoms with E-state index in [4.69, 9.17) is 0 Å². The van der Waals surface area contributed by atoms with E-state index in [0.717, 1.165) is 11.8 Å². The highest BCUT2D eigenvalue weighted by atomic mass is 14.7. The van der Waals surface area contributed by atoms with Gasteiger partial charge in [-0.1, -0.05) is 30.3 Å². The molecule has 0 aliphatic heterocycles. The first-order valence-corrected chi connectivity index (χ1v) is 6.48. The Morgan fingerprint density at radius 2 is 1.67 bits per heavy atom. The van der Waals surface area contributed by atoms with Gasteiger partial charge in [0.1, 0.15) is 0 Å². The van der Waals surface area contributed by atoms with Crippen LogP contribution < -0.4 is 0 Å². The fraction of sp³-hybridized carbons (Fsp3) is 0.600. The Kier molecular flexibility index (Phi) is 1.60. The highest BCUT2D eigenvalue weighted by Crippen LogP contribution is 2.73. The Labute approximate surface area is 91.7 Å². The normalized spacial score (nSPS) is 46.3. The number of fused-ring (bicyclic) bond motifs is 1. The second-order valence-electron chi connectivity index (χ2n) is 5.82. The van der Waals surface area contributed by atoms with Crippen LogP contribution in [0, 0.1) is 23.7 Å². The summed E-state index contributed by atoms with van der Waals surface area (Å²) in [5.74, 6) is 5.56. The molecule has 0 spiro atoms. The fourth-order valence-electron chi connectivity index (χ4n) is 3.92. The third kappa shape index (κ3) is 1.27. The quantitative estimate of drug-likeness (QED) is 0.677. The van der Waals surface area contributed by atoms with Gasteiger partial charge >= 0.3 is 0 Å². The zero-order valence-electron chi connectivity index (χ0n) is 9.10. The minimum Gasteiger partial charge on any atom is -0.0622 e. The van der Waals surface area contributed by atoms with Gasteiger partial charge in [-0.3, -0.25) is 0 Å². The maximum atomic E-state index is 2.32. The molecule has 0 aromatic heterocycles. The van der Waals surface area contributed by atoms with Gasteiger partial charge < -0.3 is 0 Å². The zero-order chi connectivity index (χ0) is 9.83. The number of benzene rings is 1. The molecule has 4 atom stereocenters. The average molecular weight is 198 g/mol. The van der Waals surface area contributed by atoms with Gasteiger partial charge in [-0.25, -0.2) is 0 Å². The van der Waals surface area contributed by atoms with Crippen LogP contribution in [0.2, 0.25) is 0 Å². The van der Waals surface area contributed by atoms with E-state index in [9.17, 15) is 0 Å². The lowest BCUT2D eigenvalue weighted by molar-refractivity contribution is 0.389. The highest BCUT2D eigenvalue weighted by Gasteiger charge is 2.66. The third-order valence-corrected chi connectivity index (χ3v) is 5.03. The van der Waals surface area contributed by atoms with Crippen LogP contribution in [0.25, 0.3) is 0 Å². The summed E-state index contributed by atoms with van der Waals surface area (Å²) in [5.41, 5.74) is 1.59. The van der Waals surface area contributed by atoms with Crippen molar-refractivity contribution in [2.24, 2.45) is 23.7 Å². The smallest absolute Gasteiger partial charge is 0.0159 e. The van der Waals surface area contributed by atoms with Crippen LogP contribution in [0.4, 0.5) is 0 Å². The Balaban J connectivity index is 1.47. The molecule has 0 amide bonds. The van der Waals surface area contributed by atoms with Crippen molar-refractivity contribution < 1.29 is 0 Å². The SMILES string of the molecule is c1ccc(C2CCC(C3C4CC43)C2)cc1. The summed E-state index contributed by atoms with van der Waals surface area (Å²) in [6.07, 6.45) is 6.03. The molecule has 0 bridgehead atoms. The zero-order valence-corrected chi connectivity index (χ0v) is 9.10. The van der Waals surface area contributed by atoms with Crippen molar-refractivity contribution in [1.82, 2.24) is 0 Å². The van der Waals surface area contributed by atoms with Crippen LogP contribution >= 0.6 is 0 Å². The van der Waals surface area contributed by atoms with Crippen LogP contribution in [0.15, 0.2) is 30.3 Å². The lowest BCUT2D eigenvalue weighted by Gasteiger charge is -2.13. The van der Waals surface area contributed by atoms with Gasteiger partial charge in [0.2, 0.25) is 0 Å². The van der Waals surface area contributed by atoms with Crippen molar-refractivity contribution in [1.29, 1.82) is 0 Å². The first-order valence-electron chi connectivity index (χ1n) is 6.48. The predicted molar refractivity (Wildman–Crippen MR) is 61.6 cm³/mol. The first-order chi connectivity index (χ1) is 7.43. The van der Waals surface area contributed by atoms with Crippen molar-refractivity contribution in [2.75, 3.05) is 0 Å². The molecule has 3 fully saturated rings. The van der Waals surface area contributed by atoms with E-state index in [0.29, 0.717) is 0 Å². The Morgan fingerprint density at radius 3 is 2.33 bits per heavy atom. The fourth-order valence-corrected chi connectivity index (χ4v) is 3.92. The monoisotopic (exact) mass is 198 g/mol. The maximum absolute atomic E-state index is 2.32. The topological polar surface area (TPSA) is 0 Å². The first kappa shape index (κ1) is 8.38. The summed E-state index contributed by atoms with van der Waals surface area (Å²) in [5, 5.41) is 0. The second kappa shape index (κ2) is 2.87. The molecule has 0 radical (unpaired) electrons. The van der Waals surface area contributed by atoms with Gasteiger partial charge in [0, 0.05) is 0 Å². The van der Waals surface area contributed by atoms with Crippen LogP contribution in [0.5, 0.6) is 0 Å². The van der Waals surface area contributed by atoms with Crippen molar-refractivity contribution in [3.63, 3.8) is 0 Å². The molecule has 3 saturated carbocycles. The molecule has 1 aromatic carbocycles. The van der Waals surface area contributed by atoms with Crippen LogP contribution in [0.1, 0.15) is 37.2 Å². The molecule has 3 aliphatic carbocycles. The van der Waals surface area contributed by atoms with Crippen LogP contribution in [-0.2, 0) is 0 Å². The number of hydrogen-bond acceptors (Lipinski definition) is 0. The van der Waals surface area contributed by atoms with Crippen molar-refractivity contribution >= 4 is 0 Å². The van der Waals surface area contributed by atoms with Crippen LogP contribution in [0.3, 0.4) is 0 Å². The molecule has 78 valence electrons. The van der Waals surface area contributed by atoms with E-state index >= 15 is 0 Å². The molecule has 1 aromatic rings. The van der Waals surface area contributed by atoms with Gasteiger partial charge in [-0.2, -0.15) is 0 Å². The Morgan fingerprint density at radius 1 is 0.867 bits per heavy atom. The lowest BCUT2D eigenvalue weighted by atomic mass is 9.91. The summed E-state index contributed by atoms with van der Waals surface area (Å²) in [7, 11) is 0. The van der Waals surface area contributed by atoms with Crippen LogP contribution in [-0.4, -0.2) is 0 Å². The van der Waals surface area contributed by atoms with E-state index in [1.54, 1.807) is 12.0 Å². The van der Waals surface area contributed by atoms with Gasteiger partial charge in [0.15, 0.2) is 0 Å². The average Bonchev–Trinajstić information content (AvgIpc) is 3.13. The molecule has 4 rings (SSSR count). The van der Waals surface area contributed by atoms with Gasteiger partial charge in [-0.15, -0.1) is 0 Å². The summed E-state index contributed by atoms with van der Waals surface area (Å²) in [4.78, 5) is 0. The predicted octanol–water partition coefficient (Wildman–Crippen LogP) is 3.84. The Hall–Kier alpha value is -0.780. The minimum absolute atomic E-state index is 0.885. The lowest BCUT2D eigenvalue weighted by Crippen LogP contribution is -2.04. The highest BCUT2D eigenvalue weighted by molar-refractivity contribution is 5.22. The van der Waals surface area contributed by atoms with Gasteiger partial charge in [-0.05, 0) is 60.8 Å². The second-order valence-corrected chi connectivity index (χ2v) is 5.82. The molecule has 15 heavy (non-hydrogen) atoms. The molecular weight excluding hydrogens is 180 g/mol. The number of hydrogen-bond donors (Lipinski definition) is 0. The molecule has 0 N–H and O–H groups in total. The van der Waals surface area contributed by atoms with E-state index in [1.807, 2.05) is 0 Å². The van der Waals surface area contributed by atoms with Gasteiger partial charge in [0.25, 0.3) is 0 Å². The summed E-state index contributed by atoms with van der Waals surface area (Å²) < 4.78 is 0. The van der Waals surface area contributed by atoms with Crippen molar-refractivity contribution in [3.05, 3.63) is 35.9 Å². The van der Waals surface area contributed by atoms with Gasteiger partial charge in [0.05, 0.1) is 0 Å².